The van der Waals surface area contributed by atoms with Crippen LogP contribution in [0.4, 0.5) is 23.0 Å². The molecule has 10 heteroatoms. The first-order chi connectivity index (χ1) is 20.8. The van der Waals surface area contributed by atoms with Gasteiger partial charge in [-0.3, -0.25) is 4.79 Å². The number of ether oxygens (including phenoxy) is 2. The molecule has 0 aliphatic heterocycles. The number of nitrogens with zero attached hydrogens (tertiary/aromatic N) is 5. The lowest BCUT2D eigenvalue weighted by Crippen LogP contribution is -2.29. The molecule has 2 heterocycles. The Labute approximate surface area is 251 Å². The summed E-state index contributed by atoms with van der Waals surface area (Å²) in [6.07, 6.45) is 3.80. The molecule has 0 unspecified atom stereocenters. The summed E-state index contributed by atoms with van der Waals surface area (Å²) in [5, 5.41) is 7.53. The molecule has 0 bridgehead atoms. The maximum Gasteiger partial charge on any atom is 0.259 e. The van der Waals surface area contributed by atoms with Gasteiger partial charge >= 0.3 is 0 Å². The van der Waals surface area contributed by atoms with Gasteiger partial charge in [0, 0.05) is 62.1 Å². The highest BCUT2D eigenvalue weighted by atomic mass is 16.5. The van der Waals surface area contributed by atoms with Crippen LogP contribution >= 0.6 is 0 Å². The number of para-hydroxylation sites is 2. The van der Waals surface area contributed by atoms with Crippen LogP contribution in [0.1, 0.15) is 10.4 Å². The Morgan fingerprint density at radius 2 is 1.65 bits per heavy atom. The quantitative estimate of drug-likeness (QED) is 0.207. The molecule has 0 aliphatic rings. The van der Waals surface area contributed by atoms with Gasteiger partial charge in [-0.25, -0.2) is 9.97 Å². The molecule has 5 aromatic rings. The lowest BCUT2D eigenvalue weighted by atomic mass is 10.1. The summed E-state index contributed by atoms with van der Waals surface area (Å²) in [6, 6.07) is 21.0. The topological polar surface area (TPSA) is 96.8 Å². The fourth-order valence-electron chi connectivity index (χ4n) is 4.98. The van der Waals surface area contributed by atoms with Crippen molar-refractivity contribution in [1.29, 1.82) is 0 Å². The van der Waals surface area contributed by atoms with E-state index in [9.17, 15) is 4.79 Å². The highest BCUT2D eigenvalue weighted by Gasteiger charge is 2.20. The van der Waals surface area contributed by atoms with Crippen LogP contribution in [0, 0.1) is 0 Å². The number of rotatable bonds is 11. The van der Waals surface area contributed by atoms with E-state index < -0.39 is 0 Å². The van der Waals surface area contributed by atoms with Crippen molar-refractivity contribution in [3.05, 3.63) is 84.7 Å². The zero-order valence-corrected chi connectivity index (χ0v) is 25.4. The maximum atomic E-state index is 13.5. The molecule has 0 fully saturated rings. The molecule has 0 atom stereocenters. The average molecular weight is 580 g/mol. The smallest absolute Gasteiger partial charge is 0.259 e. The second kappa shape index (κ2) is 12.8. The first-order valence-electron chi connectivity index (χ1n) is 14.0. The van der Waals surface area contributed by atoms with Gasteiger partial charge in [-0.15, -0.1) is 0 Å². The van der Waals surface area contributed by atoms with Crippen molar-refractivity contribution in [3.63, 3.8) is 0 Å². The van der Waals surface area contributed by atoms with Crippen LogP contribution in [0.15, 0.2) is 79.1 Å². The summed E-state index contributed by atoms with van der Waals surface area (Å²) in [5.74, 6) is 1.19. The Kier molecular flexibility index (Phi) is 8.77. The lowest BCUT2D eigenvalue weighted by Gasteiger charge is -2.26. The van der Waals surface area contributed by atoms with Crippen molar-refractivity contribution in [2.75, 3.05) is 64.0 Å². The molecule has 2 aromatic heterocycles. The van der Waals surface area contributed by atoms with Crippen LogP contribution in [0.2, 0.25) is 0 Å². The van der Waals surface area contributed by atoms with E-state index in [0.717, 1.165) is 40.9 Å². The zero-order chi connectivity index (χ0) is 30.5. The number of hydrogen-bond acceptors (Lipinski definition) is 8. The molecule has 43 heavy (non-hydrogen) atoms. The van der Waals surface area contributed by atoms with Gasteiger partial charge in [0.1, 0.15) is 11.5 Å². The minimum absolute atomic E-state index is 0.287. The van der Waals surface area contributed by atoms with Crippen molar-refractivity contribution < 1.29 is 14.3 Å². The van der Waals surface area contributed by atoms with Crippen molar-refractivity contribution in [2.45, 2.75) is 0 Å². The number of nitrogens with one attached hydrogen (secondary N) is 2. The number of carbonyl (C=O) groups is 1. The van der Waals surface area contributed by atoms with Crippen molar-refractivity contribution in [2.24, 2.45) is 7.05 Å². The van der Waals surface area contributed by atoms with Crippen LogP contribution in [0.3, 0.4) is 0 Å². The van der Waals surface area contributed by atoms with Crippen molar-refractivity contribution in [1.82, 2.24) is 19.4 Å². The van der Waals surface area contributed by atoms with Gasteiger partial charge in [0.15, 0.2) is 0 Å². The zero-order valence-electron chi connectivity index (χ0n) is 25.4. The Morgan fingerprint density at radius 1 is 0.907 bits per heavy atom. The molecule has 10 nitrogen and oxygen atoms in total. The predicted molar refractivity (Wildman–Crippen MR) is 173 cm³/mol. The summed E-state index contributed by atoms with van der Waals surface area (Å²) in [6.45, 7) is 1.56. The number of aromatic nitrogens is 3. The number of likely N-dealkylation sites (N-methyl/N-ethyl adjacent to an activating group) is 2. The second-order valence-corrected chi connectivity index (χ2v) is 10.5. The van der Waals surface area contributed by atoms with Gasteiger partial charge in [0.05, 0.1) is 42.5 Å². The number of anilines is 4. The van der Waals surface area contributed by atoms with Crippen LogP contribution in [0.5, 0.6) is 11.5 Å². The lowest BCUT2D eigenvalue weighted by molar-refractivity contribution is 0.102. The number of benzene rings is 3. The minimum Gasteiger partial charge on any atom is -0.496 e. The SMILES string of the molecule is COc1cc(N(C)CCN(C)C)c(NC(=O)c2ccccc2OC)cc1Nc1nccc(-c2cn(C)c3ccccc23)n1. The Balaban J connectivity index is 1.52. The maximum absolute atomic E-state index is 13.5. The van der Waals surface area contributed by atoms with E-state index in [-0.39, 0.29) is 5.91 Å². The third-order valence-corrected chi connectivity index (χ3v) is 7.29. The van der Waals surface area contributed by atoms with E-state index in [1.54, 1.807) is 32.5 Å². The van der Waals surface area contributed by atoms with Crippen molar-refractivity contribution >= 4 is 39.8 Å². The molecule has 0 aliphatic carbocycles. The van der Waals surface area contributed by atoms with Crippen LogP contribution < -0.4 is 25.0 Å². The Bertz CT molecular complexity index is 1750. The van der Waals surface area contributed by atoms with E-state index in [2.05, 4.69) is 48.3 Å². The molecule has 5 rings (SSSR count). The molecule has 2 N–H and O–H groups in total. The summed E-state index contributed by atoms with van der Waals surface area (Å²) in [5.41, 5.74) is 5.37. The number of hydrogen-bond donors (Lipinski definition) is 2. The first-order valence-corrected chi connectivity index (χ1v) is 14.0. The largest absolute Gasteiger partial charge is 0.496 e. The van der Waals surface area contributed by atoms with E-state index in [0.29, 0.717) is 34.4 Å². The van der Waals surface area contributed by atoms with E-state index in [4.69, 9.17) is 14.5 Å². The molecule has 3 aromatic carbocycles. The molecule has 1 amide bonds. The highest BCUT2D eigenvalue weighted by Crippen LogP contribution is 2.39. The number of aryl methyl sites for hydroxylation is 1. The third-order valence-electron chi connectivity index (χ3n) is 7.29. The predicted octanol–water partition coefficient (Wildman–Crippen LogP) is 5.65. The van der Waals surface area contributed by atoms with E-state index in [1.807, 2.05) is 70.7 Å². The molecule has 0 spiro atoms. The average Bonchev–Trinajstić information content (AvgIpc) is 3.36. The van der Waals surface area contributed by atoms with Crippen LogP contribution in [0.25, 0.3) is 22.2 Å². The monoisotopic (exact) mass is 579 g/mol. The van der Waals surface area contributed by atoms with Crippen LogP contribution in [-0.2, 0) is 7.05 Å². The van der Waals surface area contributed by atoms with Crippen LogP contribution in [-0.4, -0.2) is 73.8 Å². The standard InChI is InChI=1S/C33H37N7O3/c1-38(2)17-18-39(3)29-20-31(43-6)27(19-26(29)35-32(41)23-12-8-10-14-30(23)42-5)37-33-34-16-15-25(36-33)24-21-40(4)28-13-9-7-11-22(24)28/h7-16,19-21H,17-18H2,1-6H3,(H,35,41)(H,34,36,37). The van der Waals surface area contributed by atoms with Gasteiger partial charge in [0.25, 0.3) is 5.91 Å². The van der Waals surface area contributed by atoms with Gasteiger partial charge in [-0.2, -0.15) is 0 Å². The molecule has 0 radical (unpaired) electrons. The van der Waals surface area contributed by atoms with E-state index >= 15 is 0 Å². The van der Waals surface area contributed by atoms with Gasteiger partial charge in [-0.1, -0.05) is 30.3 Å². The van der Waals surface area contributed by atoms with Gasteiger partial charge in [-0.05, 0) is 44.4 Å². The highest BCUT2D eigenvalue weighted by molar-refractivity contribution is 6.08. The summed E-state index contributed by atoms with van der Waals surface area (Å²) in [7, 11) is 11.2. The Morgan fingerprint density at radius 3 is 2.42 bits per heavy atom. The fraction of sp³-hybridized carbons (Fsp3) is 0.242. The number of fused-ring (bicyclic) bond motifs is 1. The minimum atomic E-state index is -0.287. The third kappa shape index (κ3) is 6.39. The van der Waals surface area contributed by atoms with E-state index in [1.165, 1.54) is 0 Å². The molecular formula is C33H37N7O3. The first kappa shape index (κ1) is 29.4. The molecule has 0 saturated carbocycles. The number of amides is 1. The normalized spacial score (nSPS) is 11.0. The number of methoxy groups -OCH3 is 2. The van der Waals surface area contributed by atoms with Crippen molar-refractivity contribution in [3.8, 4) is 22.8 Å². The summed E-state index contributed by atoms with van der Waals surface area (Å²) >= 11 is 0. The Hall–Kier alpha value is -5.09. The second-order valence-electron chi connectivity index (χ2n) is 10.5. The summed E-state index contributed by atoms with van der Waals surface area (Å²) < 4.78 is 13.3. The summed E-state index contributed by atoms with van der Waals surface area (Å²) in [4.78, 5) is 27.0. The van der Waals surface area contributed by atoms with Gasteiger partial charge < -0.3 is 34.5 Å². The number of carbonyl (C=O) groups excluding carboxylic acids is 1. The fourth-order valence-corrected chi connectivity index (χ4v) is 4.98. The van der Waals surface area contributed by atoms with Gasteiger partial charge in [0.2, 0.25) is 5.95 Å². The molecule has 0 saturated heterocycles. The molecule has 222 valence electrons. The molecular weight excluding hydrogens is 542 g/mol.